The molecule has 2 aromatic rings. The van der Waals surface area contributed by atoms with Gasteiger partial charge in [-0.1, -0.05) is 0 Å². The normalized spacial score (nSPS) is 10.1. The first-order valence-corrected chi connectivity index (χ1v) is 4.60. The number of hydrogen-bond donors (Lipinski definition) is 2. The molecule has 0 unspecified atom stereocenters. The molecule has 0 aliphatic carbocycles. The molecular formula is C10H7N3O4. The summed E-state index contributed by atoms with van der Waals surface area (Å²) < 4.78 is 0. The summed E-state index contributed by atoms with van der Waals surface area (Å²) in [5.41, 5.74) is 0.213. The van der Waals surface area contributed by atoms with Gasteiger partial charge in [0.15, 0.2) is 12.0 Å². The first-order chi connectivity index (χ1) is 8.11. The van der Waals surface area contributed by atoms with Crippen molar-refractivity contribution >= 4 is 12.0 Å². The number of phenols is 1. The van der Waals surface area contributed by atoms with E-state index in [0.29, 0.717) is 17.7 Å². The van der Waals surface area contributed by atoms with Crippen molar-refractivity contribution in [1.82, 2.24) is 9.97 Å². The lowest BCUT2D eigenvalue weighted by atomic mass is 10.2. The summed E-state index contributed by atoms with van der Waals surface area (Å²) in [5, 5.41) is 19.9. The topological polar surface area (TPSA) is 109 Å². The van der Waals surface area contributed by atoms with Gasteiger partial charge >= 0.3 is 5.69 Å². The molecule has 0 atom stereocenters. The van der Waals surface area contributed by atoms with Gasteiger partial charge in [-0.15, -0.1) is 0 Å². The van der Waals surface area contributed by atoms with Gasteiger partial charge in [-0.05, 0) is 12.1 Å². The molecule has 1 aromatic heterocycles. The Morgan fingerprint density at radius 1 is 1.47 bits per heavy atom. The highest BCUT2D eigenvalue weighted by Crippen LogP contribution is 2.29. The number of rotatable bonds is 3. The molecule has 0 aliphatic heterocycles. The van der Waals surface area contributed by atoms with Gasteiger partial charge in [0.2, 0.25) is 0 Å². The molecule has 17 heavy (non-hydrogen) atoms. The number of nitrogens with zero attached hydrogens (tertiary/aromatic N) is 2. The number of carbonyl (C=O) groups is 1. The lowest BCUT2D eigenvalue weighted by Crippen LogP contribution is -1.90. The van der Waals surface area contributed by atoms with Crippen molar-refractivity contribution in [1.29, 1.82) is 0 Å². The van der Waals surface area contributed by atoms with E-state index in [4.69, 9.17) is 0 Å². The maximum absolute atomic E-state index is 10.6. The Bertz CT molecular complexity index is 591. The number of nitro groups is 1. The average molecular weight is 233 g/mol. The van der Waals surface area contributed by atoms with E-state index >= 15 is 0 Å². The molecule has 0 radical (unpaired) electrons. The van der Waals surface area contributed by atoms with Crippen molar-refractivity contribution in [3.63, 3.8) is 0 Å². The minimum absolute atomic E-state index is 0.204. The largest absolute Gasteiger partial charge is 0.502 e. The third-order valence-electron chi connectivity index (χ3n) is 2.16. The van der Waals surface area contributed by atoms with Crippen LogP contribution < -0.4 is 0 Å². The van der Waals surface area contributed by atoms with E-state index in [9.17, 15) is 20.0 Å². The van der Waals surface area contributed by atoms with Gasteiger partial charge in [-0.3, -0.25) is 14.9 Å². The zero-order valence-electron chi connectivity index (χ0n) is 8.45. The molecule has 0 bridgehead atoms. The second-order valence-electron chi connectivity index (χ2n) is 3.25. The van der Waals surface area contributed by atoms with Crippen LogP contribution in [-0.2, 0) is 0 Å². The second kappa shape index (κ2) is 4.05. The van der Waals surface area contributed by atoms with Crippen LogP contribution in [0.2, 0.25) is 0 Å². The molecule has 1 aromatic carbocycles. The van der Waals surface area contributed by atoms with Gasteiger partial charge in [0.05, 0.1) is 4.92 Å². The van der Waals surface area contributed by atoms with E-state index in [0.717, 1.165) is 0 Å². The van der Waals surface area contributed by atoms with Gasteiger partial charge < -0.3 is 10.1 Å². The summed E-state index contributed by atoms with van der Waals surface area (Å²) in [6.07, 6.45) is 1.95. The Labute approximate surface area is 94.9 Å². The molecule has 7 heteroatoms. The lowest BCUT2D eigenvalue weighted by Gasteiger charge is -1.99. The second-order valence-corrected chi connectivity index (χ2v) is 3.25. The molecule has 0 saturated carbocycles. The van der Waals surface area contributed by atoms with Crippen molar-refractivity contribution in [2.45, 2.75) is 0 Å². The number of aromatic amines is 1. The number of aldehydes is 1. The van der Waals surface area contributed by atoms with Crippen molar-refractivity contribution in [3.05, 3.63) is 40.2 Å². The zero-order chi connectivity index (χ0) is 12.4. The van der Waals surface area contributed by atoms with Crippen LogP contribution in [0, 0.1) is 10.1 Å². The fourth-order valence-corrected chi connectivity index (χ4v) is 1.36. The molecule has 0 amide bonds. The molecule has 0 saturated heterocycles. The van der Waals surface area contributed by atoms with E-state index < -0.39 is 16.4 Å². The maximum Gasteiger partial charge on any atom is 0.311 e. The molecular weight excluding hydrogens is 226 g/mol. The molecule has 0 spiro atoms. The Balaban J connectivity index is 2.49. The van der Waals surface area contributed by atoms with E-state index in [1.165, 1.54) is 24.4 Å². The number of imidazole rings is 1. The Hall–Kier alpha value is -2.70. The van der Waals surface area contributed by atoms with Crippen LogP contribution >= 0.6 is 0 Å². The van der Waals surface area contributed by atoms with E-state index in [2.05, 4.69) is 9.97 Å². The Morgan fingerprint density at radius 2 is 2.24 bits per heavy atom. The fourth-order valence-electron chi connectivity index (χ4n) is 1.36. The van der Waals surface area contributed by atoms with Crippen LogP contribution in [-0.4, -0.2) is 26.3 Å². The van der Waals surface area contributed by atoms with E-state index in [1.807, 2.05) is 0 Å². The standard InChI is InChI=1S/C10H7N3O4/c14-5-7-4-11-10(12-7)6-1-2-9(15)8(3-6)13(16)17/h1-5,15H,(H,11,12). The molecule has 0 aliphatic rings. The third-order valence-corrected chi connectivity index (χ3v) is 2.16. The number of aromatic hydroxyl groups is 1. The smallest absolute Gasteiger partial charge is 0.311 e. The maximum atomic E-state index is 10.6. The zero-order valence-corrected chi connectivity index (χ0v) is 8.45. The first-order valence-electron chi connectivity index (χ1n) is 4.60. The number of phenolic OH excluding ortho intramolecular Hbond substituents is 1. The highest BCUT2D eigenvalue weighted by atomic mass is 16.6. The van der Waals surface area contributed by atoms with Gasteiger partial charge in [-0.2, -0.15) is 0 Å². The summed E-state index contributed by atoms with van der Waals surface area (Å²) in [5.74, 6) is -0.0869. The van der Waals surface area contributed by atoms with Crippen molar-refractivity contribution < 1.29 is 14.8 Å². The summed E-state index contributed by atoms with van der Waals surface area (Å²) in [4.78, 5) is 27.0. The quantitative estimate of drug-likeness (QED) is 0.474. The molecule has 2 N–H and O–H groups in total. The van der Waals surface area contributed by atoms with Crippen LogP contribution in [0.15, 0.2) is 24.4 Å². The number of hydrogen-bond acceptors (Lipinski definition) is 5. The van der Waals surface area contributed by atoms with Crippen LogP contribution in [0.1, 0.15) is 10.5 Å². The lowest BCUT2D eigenvalue weighted by molar-refractivity contribution is -0.385. The van der Waals surface area contributed by atoms with Crippen molar-refractivity contribution in [3.8, 4) is 17.1 Å². The molecule has 2 rings (SSSR count). The van der Waals surface area contributed by atoms with Crippen molar-refractivity contribution in [2.24, 2.45) is 0 Å². The minimum atomic E-state index is -0.692. The van der Waals surface area contributed by atoms with Gasteiger partial charge in [-0.25, -0.2) is 4.98 Å². The average Bonchev–Trinajstić information content (AvgIpc) is 2.78. The van der Waals surface area contributed by atoms with E-state index in [1.54, 1.807) is 0 Å². The highest BCUT2D eigenvalue weighted by molar-refractivity contribution is 5.73. The Kier molecular flexibility index (Phi) is 2.57. The molecule has 7 nitrogen and oxygen atoms in total. The van der Waals surface area contributed by atoms with Crippen LogP contribution in [0.3, 0.4) is 0 Å². The summed E-state index contributed by atoms with van der Waals surface area (Å²) in [7, 11) is 0. The van der Waals surface area contributed by atoms with Gasteiger partial charge in [0, 0.05) is 17.8 Å². The SMILES string of the molecule is O=Cc1c[nH]c(-c2ccc(O)c([N+](=O)[O-])c2)n1. The van der Waals surface area contributed by atoms with Crippen LogP contribution in [0.5, 0.6) is 5.75 Å². The first kappa shape index (κ1) is 10.8. The summed E-state index contributed by atoms with van der Waals surface area (Å²) in [6.45, 7) is 0. The minimum Gasteiger partial charge on any atom is -0.502 e. The molecule has 1 heterocycles. The predicted molar refractivity (Wildman–Crippen MR) is 57.7 cm³/mol. The number of benzene rings is 1. The Morgan fingerprint density at radius 3 is 2.82 bits per heavy atom. The van der Waals surface area contributed by atoms with Crippen molar-refractivity contribution in [2.75, 3.05) is 0 Å². The van der Waals surface area contributed by atoms with E-state index in [-0.39, 0.29) is 5.69 Å². The number of H-pyrrole nitrogens is 1. The van der Waals surface area contributed by atoms with Gasteiger partial charge in [0.1, 0.15) is 11.5 Å². The number of aromatic nitrogens is 2. The highest BCUT2D eigenvalue weighted by Gasteiger charge is 2.15. The van der Waals surface area contributed by atoms with Crippen LogP contribution in [0.25, 0.3) is 11.4 Å². The molecule has 0 fully saturated rings. The number of nitro benzene ring substituents is 1. The monoisotopic (exact) mass is 233 g/mol. The molecule has 86 valence electrons. The predicted octanol–water partition coefficient (Wildman–Crippen LogP) is 1.50. The summed E-state index contributed by atoms with van der Waals surface area (Å²) in [6, 6.07) is 3.86. The fraction of sp³-hybridized carbons (Fsp3) is 0. The summed E-state index contributed by atoms with van der Waals surface area (Å²) >= 11 is 0. The van der Waals surface area contributed by atoms with Gasteiger partial charge in [0.25, 0.3) is 0 Å². The van der Waals surface area contributed by atoms with Crippen LogP contribution in [0.4, 0.5) is 5.69 Å². The number of carbonyl (C=O) groups excluding carboxylic acids is 1. The number of nitrogens with one attached hydrogen (secondary N) is 1. The third kappa shape index (κ3) is 1.98.